The minimum absolute atomic E-state index is 0.131. The maximum atomic E-state index is 9.81. The van der Waals surface area contributed by atoms with Gasteiger partial charge in [0.25, 0.3) is 0 Å². The summed E-state index contributed by atoms with van der Waals surface area (Å²) >= 11 is 0. The highest BCUT2D eigenvalue weighted by molar-refractivity contribution is 5.67. The molecule has 0 atom stereocenters. The van der Waals surface area contributed by atoms with Gasteiger partial charge in [-0.3, -0.25) is 0 Å². The Bertz CT molecular complexity index is 90.4. The van der Waals surface area contributed by atoms with Crippen molar-refractivity contribution in [2.45, 2.75) is 0 Å². The van der Waals surface area contributed by atoms with Crippen molar-refractivity contribution in [1.82, 2.24) is 0 Å². The average Bonchev–Trinajstić information content (AvgIpc) is 1.66. The molecule has 0 fully saturated rings. The number of quaternary nitrogens is 1. The molecule has 0 spiro atoms. The third kappa shape index (κ3) is 5.17. The molecular formula is C5H10NO2+. The van der Waals surface area contributed by atoms with Crippen LogP contribution in [-0.2, 0) is 4.79 Å². The lowest BCUT2D eigenvalue weighted by Crippen LogP contribution is -2.85. The van der Waals surface area contributed by atoms with Crippen LogP contribution in [0.15, 0.2) is 12.7 Å². The normalized spacial score (nSPS) is 8.50. The minimum Gasteiger partial charge on any atom is -0.477 e. The van der Waals surface area contributed by atoms with Crippen LogP contribution in [0.3, 0.4) is 0 Å². The Morgan fingerprint density at radius 1 is 1.88 bits per heavy atom. The molecule has 0 heterocycles. The highest BCUT2D eigenvalue weighted by Gasteiger charge is 1.93. The van der Waals surface area contributed by atoms with Gasteiger partial charge in [-0.25, -0.2) is 4.79 Å². The second kappa shape index (κ2) is 4.33. The summed E-state index contributed by atoms with van der Waals surface area (Å²) in [6.45, 7) is 4.24. The van der Waals surface area contributed by atoms with E-state index in [1.165, 1.54) is 0 Å². The first-order chi connectivity index (χ1) is 3.77. The third-order valence-electron chi connectivity index (χ3n) is 0.652. The van der Waals surface area contributed by atoms with E-state index in [0.717, 1.165) is 0 Å². The van der Waals surface area contributed by atoms with Crippen LogP contribution in [0.4, 0.5) is 0 Å². The molecule has 0 unspecified atom stereocenters. The summed E-state index contributed by atoms with van der Waals surface area (Å²) in [6, 6.07) is 0. The maximum absolute atomic E-state index is 9.81. The zero-order chi connectivity index (χ0) is 6.41. The van der Waals surface area contributed by atoms with Gasteiger partial charge in [-0.15, -0.1) is 0 Å². The van der Waals surface area contributed by atoms with Gasteiger partial charge in [0.05, 0.1) is 6.54 Å². The van der Waals surface area contributed by atoms with Crippen LogP contribution >= 0.6 is 0 Å². The van der Waals surface area contributed by atoms with Gasteiger partial charge in [0.15, 0.2) is 6.54 Å². The Morgan fingerprint density at radius 2 is 2.50 bits per heavy atom. The summed E-state index contributed by atoms with van der Waals surface area (Å²) in [5.41, 5.74) is 0. The zero-order valence-corrected chi connectivity index (χ0v) is 4.63. The molecule has 3 heteroatoms. The number of carboxylic acid groups (broad SMARTS) is 1. The van der Waals surface area contributed by atoms with Crippen molar-refractivity contribution in [2.24, 2.45) is 0 Å². The molecule has 0 aliphatic carbocycles. The molecule has 0 aromatic carbocycles. The fourth-order valence-corrected chi connectivity index (χ4v) is 0.325. The van der Waals surface area contributed by atoms with E-state index in [2.05, 4.69) is 6.58 Å². The first kappa shape index (κ1) is 7.17. The van der Waals surface area contributed by atoms with E-state index in [9.17, 15) is 4.79 Å². The van der Waals surface area contributed by atoms with Crippen LogP contribution in [0.25, 0.3) is 0 Å². The second-order valence-corrected chi connectivity index (χ2v) is 1.41. The lowest BCUT2D eigenvalue weighted by atomic mass is 10.6. The molecule has 0 saturated carbocycles. The van der Waals surface area contributed by atoms with Gasteiger partial charge in [-0.05, 0) is 6.08 Å². The molecule has 0 aromatic heterocycles. The Morgan fingerprint density at radius 3 is 2.88 bits per heavy atom. The molecule has 46 valence electrons. The standard InChI is InChI=1S/C5H9NO2/c1-2-3-6-4-5(7)8/h2,6H,1,3-4H2,(H,7,8)/p+1. The van der Waals surface area contributed by atoms with Crippen molar-refractivity contribution in [3.63, 3.8) is 0 Å². The molecule has 0 rings (SSSR count). The highest BCUT2D eigenvalue weighted by atomic mass is 16.4. The number of nitrogens with two attached hydrogens (primary N) is 1. The molecule has 8 heavy (non-hydrogen) atoms. The topological polar surface area (TPSA) is 53.9 Å². The van der Waals surface area contributed by atoms with E-state index in [0.29, 0.717) is 6.54 Å². The predicted octanol–water partition coefficient (Wildman–Crippen LogP) is -1.18. The fraction of sp³-hybridized carbons (Fsp3) is 0.400. The van der Waals surface area contributed by atoms with E-state index < -0.39 is 5.97 Å². The van der Waals surface area contributed by atoms with Gasteiger partial charge in [-0.1, -0.05) is 6.58 Å². The smallest absolute Gasteiger partial charge is 0.359 e. The Labute approximate surface area is 48.0 Å². The van der Waals surface area contributed by atoms with E-state index in [-0.39, 0.29) is 6.54 Å². The Balaban J connectivity index is 2.93. The Kier molecular flexibility index (Phi) is 3.88. The molecule has 0 saturated heterocycles. The number of hydrogen-bond donors (Lipinski definition) is 2. The van der Waals surface area contributed by atoms with Gasteiger partial charge in [-0.2, -0.15) is 0 Å². The van der Waals surface area contributed by atoms with E-state index >= 15 is 0 Å². The van der Waals surface area contributed by atoms with Gasteiger partial charge < -0.3 is 10.4 Å². The first-order valence-electron chi connectivity index (χ1n) is 2.41. The summed E-state index contributed by atoms with van der Waals surface area (Å²) in [7, 11) is 0. The summed E-state index contributed by atoms with van der Waals surface area (Å²) in [4.78, 5) is 9.81. The van der Waals surface area contributed by atoms with Crippen molar-refractivity contribution in [2.75, 3.05) is 13.1 Å². The number of aliphatic carboxylic acids is 1. The minimum atomic E-state index is -0.785. The second-order valence-electron chi connectivity index (χ2n) is 1.41. The first-order valence-corrected chi connectivity index (χ1v) is 2.41. The molecule has 0 aromatic rings. The summed E-state index contributed by atoms with van der Waals surface area (Å²) in [5, 5.41) is 9.74. The highest BCUT2D eigenvalue weighted by Crippen LogP contribution is 1.48. The van der Waals surface area contributed by atoms with Crippen LogP contribution in [-0.4, -0.2) is 24.2 Å². The van der Waals surface area contributed by atoms with Crippen molar-refractivity contribution < 1.29 is 15.2 Å². The van der Waals surface area contributed by atoms with Crippen LogP contribution in [0.5, 0.6) is 0 Å². The number of carboxylic acids is 1. The maximum Gasteiger partial charge on any atom is 0.359 e. The molecule has 3 nitrogen and oxygen atoms in total. The van der Waals surface area contributed by atoms with E-state index in [4.69, 9.17) is 5.11 Å². The SMILES string of the molecule is C=CC[NH2+]CC(=O)O. The fourth-order valence-electron chi connectivity index (χ4n) is 0.325. The van der Waals surface area contributed by atoms with Crippen LogP contribution < -0.4 is 5.32 Å². The van der Waals surface area contributed by atoms with Crippen molar-refractivity contribution in [3.05, 3.63) is 12.7 Å². The van der Waals surface area contributed by atoms with Crippen molar-refractivity contribution >= 4 is 5.97 Å². The van der Waals surface area contributed by atoms with Gasteiger partial charge >= 0.3 is 5.97 Å². The van der Waals surface area contributed by atoms with E-state index in [1.807, 2.05) is 0 Å². The van der Waals surface area contributed by atoms with E-state index in [1.54, 1.807) is 11.4 Å². The molecule has 0 aliphatic heterocycles. The molecule has 3 N–H and O–H groups in total. The molecule has 0 amide bonds. The number of hydrogen-bond acceptors (Lipinski definition) is 1. The van der Waals surface area contributed by atoms with Gasteiger partial charge in [0.1, 0.15) is 0 Å². The lowest BCUT2D eigenvalue weighted by Gasteiger charge is -1.88. The average molecular weight is 116 g/mol. The van der Waals surface area contributed by atoms with Gasteiger partial charge in [0, 0.05) is 0 Å². The summed E-state index contributed by atoms with van der Waals surface area (Å²) in [6.07, 6.45) is 1.67. The van der Waals surface area contributed by atoms with Crippen LogP contribution in [0.2, 0.25) is 0 Å². The molecular weight excluding hydrogens is 106 g/mol. The quantitative estimate of drug-likeness (QED) is 0.359. The van der Waals surface area contributed by atoms with Crippen LogP contribution in [0.1, 0.15) is 0 Å². The molecule has 0 radical (unpaired) electrons. The van der Waals surface area contributed by atoms with Crippen molar-refractivity contribution in [3.8, 4) is 0 Å². The zero-order valence-electron chi connectivity index (χ0n) is 4.63. The monoisotopic (exact) mass is 116 g/mol. The lowest BCUT2D eigenvalue weighted by molar-refractivity contribution is -0.636. The largest absolute Gasteiger partial charge is 0.477 e. The summed E-state index contributed by atoms with van der Waals surface area (Å²) < 4.78 is 0. The number of carbonyl (C=O) groups is 1. The summed E-state index contributed by atoms with van der Waals surface area (Å²) in [5.74, 6) is -0.785. The van der Waals surface area contributed by atoms with Gasteiger partial charge in [0.2, 0.25) is 0 Å². The Hall–Kier alpha value is -0.830. The number of rotatable bonds is 4. The van der Waals surface area contributed by atoms with Crippen LogP contribution in [0, 0.1) is 0 Å². The van der Waals surface area contributed by atoms with Crippen molar-refractivity contribution in [1.29, 1.82) is 0 Å². The third-order valence-corrected chi connectivity index (χ3v) is 0.652. The molecule has 0 aliphatic rings. The predicted molar refractivity (Wildman–Crippen MR) is 29.5 cm³/mol. The molecule has 0 bridgehead atoms.